The van der Waals surface area contributed by atoms with Crippen molar-refractivity contribution in [3.8, 4) is 0 Å². The number of hydrazone groups is 1. The van der Waals surface area contributed by atoms with Crippen molar-refractivity contribution in [1.29, 1.82) is 0 Å². The summed E-state index contributed by atoms with van der Waals surface area (Å²) < 4.78 is 5.33. The minimum atomic E-state index is 0. The predicted octanol–water partition coefficient (Wildman–Crippen LogP) is 3.11. The van der Waals surface area contributed by atoms with Crippen LogP contribution in [0.1, 0.15) is 17.0 Å². The van der Waals surface area contributed by atoms with Gasteiger partial charge < -0.3 is 15.5 Å². The van der Waals surface area contributed by atoms with E-state index in [-0.39, 0.29) is 12.4 Å². The zero-order chi connectivity index (χ0) is 17.8. The Morgan fingerprint density at radius 3 is 2.67 bits per heavy atom. The Morgan fingerprint density at radius 1 is 1.11 bits per heavy atom. The van der Waals surface area contributed by atoms with E-state index >= 15 is 0 Å². The van der Waals surface area contributed by atoms with Gasteiger partial charge in [-0.2, -0.15) is 5.10 Å². The number of halogens is 1. The van der Waals surface area contributed by atoms with Gasteiger partial charge in [-0.25, -0.2) is 4.98 Å². The molecule has 2 heterocycles. The van der Waals surface area contributed by atoms with Crippen molar-refractivity contribution in [2.45, 2.75) is 0 Å². The summed E-state index contributed by atoms with van der Waals surface area (Å²) in [4.78, 5) is 7.92. The largest absolute Gasteiger partial charge is 0.382 e. The molecule has 0 radical (unpaired) electrons. The Kier molecular flexibility index (Phi) is 6.11. The molecular weight excluding hydrogens is 362 g/mol. The lowest BCUT2D eigenvalue weighted by Gasteiger charge is -2.24. The van der Waals surface area contributed by atoms with Crippen LogP contribution in [0, 0.1) is 0 Å². The van der Waals surface area contributed by atoms with Crippen molar-refractivity contribution < 1.29 is 4.74 Å². The molecule has 140 valence electrons. The number of amidine groups is 1. The molecule has 27 heavy (non-hydrogen) atoms. The maximum absolute atomic E-state index is 6.18. The smallest absolute Gasteiger partial charge is 0.150 e. The average molecular weight is 384 g/mol. The second kappa shape index (κ2) is 8.70. The minimum absolute atomic E-state index is 0. The highest BCUT2D eigenvalue weighted by Crippen LogP contribution is 2.16. The number of ether oxygens (including phenoxy) is 1. The van der Waals surface area contributed by atoms with Crippen LogP contribution in [0.4, 0.5) is 0 Å². The maximum Gasteiger partial charge on any atom is 0.150 e. The summed E-state index contributed by atoms with van der Waals surface area (Å²) in [5, 5.41) is 6.44. The van der Waals surface area contributed by atoms with Crippen molar-refractivity contribution in [2.24, 2.45) is 10.8 Å². The first-order valence-corrected chi connectivity index (χ1v) is 8.68. The van der Waals surface area contributed by atoms with Crippen LogP contribution in [-0.2, 0) is 4.74 Å². The highest BCUT2D eigenvalue weighted by molar-refractivity contribution is 6.00. The van der Waals surface area contributed by atoms with E-state index < -0.39 is 0 Å². The number of H-pyrrole nitrogens is 1. The summed E-state index contributed by atoms with van der Waals surface area (Å²) in [6.07, 6.45) is 4.01. The van der Waals surface area contributed by atoms with Crippen molar-refractivity contribution in [3.63, 3.8) is 0 Å². The number of morpholine rings is 1. The van der Waals surface area contributed by atoms with Gasteiger partial charge in [-0.05, 0) is 29.8 Å². The van der Waals surface area contributed by atoms with Gasteiger partial charge in [0.1, 0.15) is 5.82 Å². The predicted molar refractivity (Wildman–Crippen MR) is 112 cm³/mol. The molecular formula is C20H22ClN5O. The number of fused-ring (bicyclic) bond motifs is 1. The molecule has 1 fully saturated rings. The third kappa shape index (κ3) is 4.67. The Balaban J connectivity index is 0.00000210. The zero-order valence-corrected chi connectivity index (χ0v) is 15.7. The SMILES string of the molecule is Cl.N/C(=N/N1CCOCC1)c1ccc2nc(/C=C\c3ccccc3)[nH]c2c1. The first-order valence-electron chi connectivity index (χ1n) is 8.68. The molecule has 0 spiro atoms. The van der Waals surface area contributed by atoms with Gasteiger partial charge in [0.25, 0.3) is 0 Å². The molecule has 0 unspecified atom stereocenters. The van der Waals surface area contributed by atoms with Crippen LogP contribution in [0.2, 0.25) is 0 Å². The standard InChI is InChI=1S/C20H21N5O.ClH/c21-20(24-25-10-12-26-13-11-25)16-7-8-17-18(14-16)23-19(22-17)9-6-15-4-2-1-3-5-15;/h1-9,14H,10-13H2,(H2,21,24)(H,22,23);1H/b9-6-;. The van der Waals surface area contributed by atoms with E-state index in [1.54, 1.807) is 0 Å². The fourth-order valence-electron chi connectivity index (χ4n) is 2.87. The van der Waals surface area contributed by atoms with Gasteiger partial charge in [0.15, 0.2) is 5.84 Å². The molecule has 0 saturated carbocycles. The third-order valence-electron chi connectivity index (χ3n) is 4.27. The van der Waals surface area contributed by atoms with Gasteiger partial charge in [0, 0.05) is 5.56 Å². The number of hydrogen-bond donors (Lipinski definition) is 2. The van der Waals surface area contributed by atoms with Gasteiger partial charge >= 0.3 is 0 Å². The van der Waals surface area contributed by atoms with E-state index in [2.05, 4.69) is 27.2 Å². The summed E-state index contributed by atoms with van der Waals surface area (Å²) in [5.74, 6) is 1.31. The molecule has 1 aliphatic rings. The first-order chi connectivity index (χ1) is 12.8. The lowest BCUT2D eigenvalue weighted by atomic mass is 10.2. The minimum Gasteiger partial charge on any atom is -0.382 e. The molecule has 0 aliphatic carbocycles. The van der Waals surface area contributed by atoms with E-state index in [4.69, 9.17) is 10.5 Å². The van der Waals surface area contributed by atoms with Crippen molar-refractivity contribution in [2.75, 3.05) is 26.3 Å². The number of imidazole rings is 1. The average Bonchev–Trinajstić information content (AvgIpc) is 3.10. The van der Waals surface area contributed by atoms with E-state index in [1.165, 1.54) is 0 Å². The number of rotatable bonds is 4. The van der Waals surface area contributed by atoms with E-state index in [0.717, 1.165) is 41.1 Å². The van der Waals surface area contributed by atoms with Crippen LogP contribution in [0.5, 0.6) is 0 Å². The maximum atomic E-state index is 6.18. The fourth-order valence-corrected chi connectivity index (χ4v) is 2.87. The summed E-state index contributed by atoms with van der Waals surface area (Å²) >= 11 is 0. The highest BCUT2D eigenvalue weighted by atomic mass is 35.5. The molecule has 0 bridgehead atoms. The van der Waals surface area contributed by atoms with Gasteiger partial charge in [0.2, 0.25) is 0 Å². The molecule has 2 aromatic carbocycles. The molecule has 1 saturated heterocycles. The molecule has 0 atom stereocenters. The van der Waals surface area contributed by atoms with Crippen molar-refractivity contribution in [1.82, 2.24) is 15.0 Å². The number of aromatic nitrogens is 2. The number of hydrogen-bond acceptors (Lipinski definition) is 4. The van der Waals surface area contributed by atoms with Gasteiger partial charge in [-0.15, -0.1) is 12.4 Å². The molecule has 1 aromatic heterocycles. The molecule has 3 N–H and O–H groups in total. The number of nitrogens with two attached hydrogens (primary N) is 1. The normalized spacial score (nSPS) is 15.3. The third-order valence-corrected chi connectivity index (χ3v) is 4.27. The molecule has 6 nitrogen and oxygen atoms in total. The van der Waals surface area contributed by atoms with Crippen LogP contribution in [0.15, 0.2) is 53.6 Å². The number of nitrogens with one attached hydrogen (secondary N) is 1. The quantitative estimate of drug-likeness (QED) is 0.536. The molecule has 0 amide bonds. The van der Waals surface area contributed by atoms with E-state index in [0.29, 0.717) is 19.0 Å². The van der Waals surface area contributed by atoms with E-state index in [9.17, 15) is 0 Å². The molecule has 3 aromatic rings. The van der Waals surface area contributed by atoms with Crippen LogP contribution < -0.4 is 5.73 Å². The Morgan fingerprint density at radius 2 is 1.89 bits per heavy atom. The molecule has 1 aliphatic heterocycles. The number of benzene rings is 2. The summed E-state index contributed by atoms with van der Waals surface area (Å²) in [6, 6.07) is 16.0. The topological polar surface area (TPSA) is 79.5 Å². The van der Waals surface area contributed by atoms with Crippen molar-refractivity contribution >= 4 is 41.4 Å². The Bertz CT molecular complexity index is 945. The van der Waals surface area contributed by atoms with Crippen molar-refractivity contribution in [3.05, 3.63) is 65.5 Å². The van der Waals surface area contributed by atoms with Crippen LogP contribution >= 0.6 is 12.4 Å². The van der Waals surface area contributed by atoms with Crippen LogP contribution in [-0.4, -0.2) is 47.1 Å². The summed E-state index contributed by atoms with van der Waals surface area (Å²) in [6.45, 7) is 2.91. The van der Waals surface area contributed by atoms with Gasteiger partial charge in [-0.1, -0.05) is 36.4 Å². The molecule has 4 rings (SSSR count). The Hall–Kier alpha value is -2.83. The zero-order valence-electron chi connectivity index (χ0n) is 14.8. The second-order valence-electron chi connectivity index (χ2n) is 6.15. The molecule has 7 heteroatoms. The monoisotopic (exact) mass is 383 g/mol. The lowest BCUT2D eigenvalue weighted by molar-refractivity contribution is 0.0393. The lowest BCUT2D eigenvalue weighted by Crippen LogP contribution is -2.34. The van der Waals surface area contributed by atoms with Gasteiger partial charge in [0.05, 0.1) is 37.3 Å². The van der Waals surface area contributed by atoms with E-state index in [1.807, 2.05) is 53.6 Å². The summed E-state index contributed by atoms with van der Waals surface area (Å²) in [7, 11) is 0. The first kappa shape index (κ1) is 18.9. The Labute approximate surface area is 164 Å². The summed E-state index contributed by atoms with van der Waals surface area (Å²) in [5.41, 5.74) is 10.0. The number of nitrogens with zero attached hydrogens (tertiary/aromatic N) is 3. The highest BCUT2D eigenvalue weighted by Gasteiger charge is 2.10. The second-order valence-corrected chi connectivity index (χ2v) is 6.15. The van der Waals surface area contributed by atoms with Gasteiger partial charge in [-0.3, -0.25) is 5.01 Å². The fraction of sp³-hybridized carbons (Fsp3) is 0.200. The van der Waals surface area contributed by atoms with Crippen LogP contribution in [0.3, 0.4) is 0 Å². The number of aromatic amines is 1. The van der Waals surface area contributed by atoms with Crippen LogP contribution in [0.25, 0.3) is 23.2 Å².